The normalized spacial score (nSPS) is 11.7. The minimum Gasteiger partial charge on any atom is -0.339 e. The third kappa shape index (κ3) is 3.39. The number of benzene rings is 2. The summed E-state index contributed by atoms with van der Waals surface area (Å²) in [6, 6.07) is 10.6. The molecule has 7 heteroatoms. The zero-order valence-corrected chi connectivity index (χ0v) is 11.6. The van der Waals surface area contributed by atoms with Crippen LogP contribution in [-0.4, -0.2) is 10.1 Å². The van der Waals surface area contributed by atoms with Crippen LogP contribution >= 0.6 is 0 Å². The largest absolute Gasteiger partial charge is 0.416 e. The summed E-state index contributed by atoms with van der Waals surface area (Å²) < 4.78 is 56.2. The van der Waals surface area contributed by atoms with Crippen molar-refractivity contribution in [2.45, 2.75) is 12.6 Å². The van der Waals surface area contributed by atoms with Crippen LogP contribution in [0.25, 0.3) is 11.4 Å². The minimum atomic E-state index is -4.40. The van der Waals surface area contributed by atoms with Crippen LogP contribution in [0.2, 0.25) is 0 Å². The van der Waals surface area contributed by atoms with Crippen molar-refractivity contribution in [2.75, 3.05) is 0 Å². The molecule has 0 aliphatic heterocycles. The van der Waals surface area contributed by atoms with Gasteiger partial charge < -0.3 is 4.52 Å². The van der Waals surface area contributed by atoms with Gasteiger partial charge in [-0.2, -0.15) is 18.2 Å². The predicted octanol–water partition coefficient (Wildman–Crippen LogP) is 4.49. The van der Waals surface area contributed by atoms with E-state index in [2.05, 4.69) is 10.1 Å². The van der Waals surface area contributed by atoms with E-state index in [4.69, 9.17) is 4.52 Å². The van der Waals surface area contributed by atoms with Gasteiger partial charge in [-0.3, -0.25) is 0 Å². The molecule has 0 radical (unpaired) electrons. The molecule has 3 nitrogen and oxygen atoms in total. The van der Waals surface area contributed by atoms with E-state index in [-0.39, 0.29) is 24.0 Å². The van der Waals surface area contributed by atoms with Crippen LogP contribution in [-0.2, 0) is 12.6 Å². The first-order valence-corrected chi connectivity index (χ1v) is 6.67. The SMILES string of the molecule is Fc1ccccc1Cc1nc(-c2ccc(C(F)(F)F)cc2)no1. The van der Waals surface area contributed by atoms with Crippen molar-refractivity contribution in [3.63, 3.8) is 0 Å². The molecule has 2 aromatic carbocycles. The Morgan fingerprint density at radius 3 is 2.30 bits per heavy atom. The number of hydrogen-bond donors (Lipinski definition) is 0. The highest BCUT2D eigenvalue weighted by Crippen LogP contribution is 2.30. The van der Waals surface area contributed by atoms with Gasteiger partial charge in [-0.15, -0.1) is 0 Å². The number of nitrogens with zero attached hydrogens (tertiary/aromatic N) is 2. The molecular formula is C16H10F4N2O. The molecule has 0 N–H and O–H groups in total. The van der Waals surface area contributed by atoms with Crippen molar-refractivity contribution in [2.24, 2.45) is 0 Å². The second-order valence-electron chi connectivity index (χ2n) is 4.86. The van der Waals surface area contributed by atoms with Gasteiger partial charge in [0.2, 0.25) is 11.7 Å². The van der Waals surface area contributed by atoms with Crippen LogP contribution in [0, 0.1) is 5.82 Å². The predicted molar refractivity (Wildman–Crippen MR) is 73.9 cm³/mol. The van der Waals surface area contributed by atoms with Gasteiger partial charge in [0.25, 0.3) is 0 Å². The number of halogens is 4. The number of rotatable bonds is 3. The Morgan fingerprint density at radius 2 is 1.65 bits per heavy atom. The van der Waals surface area contributed by atoms with Crippen molar-refractivity contribution in [1.29, 1.82) is 0 Å². The smallest absolute Gasteiger partial charge is 0.339 e. The zero-order chi connectivity index (χ0) is 16.4. The van der Waals surface area contributed by atoms with E-state index < -0.39 is 11.7 Å². The highest BCUT2D eigenvalue weighted by atomic mass is 19.4. The Hall–Kier alpha value is -2.70. The van der Waals surface area contributed by atoms with E-state index in [9.17, 15) is 17.6 Å². The van der Waals surface area contributed by atoms with E-state index in [0.29, 0.717) is 11.1 Å². The Kier molecular flexibility index (Phi) is 3.85. The summed E-state index contributed by atoms with van der Waals surface area (Å²) in [6.45, 7) is 0. The number of hydrogen-bond acceptors (Lipinski definition) is 3. The fraction of sp³-hybridized carbons (Fsp3) is 0.125. The van der Waals surface area contributed by atoms with Crippen LogP contribution in [0.15, 0.2) is 53.1 Å². The summed E-state index contributed by atoms with van der Waals surface area (Å²) in [5, 5.41) is 3.71. The van der Waals surface area contributed by atoms with E-state index in [0.717, 1.165) is 12.1 Å². The van der Waals surface area contributed by atoms with Gasteiger partial charge in [-0.05, 0) is 23.8 Å². The monoisotopic (exact) mass is 322 g/mol. The van der Waals surface area contributed by atoms with Crippen LogP contribution in [0.4, 0.5) is 17.6 Å². The lowest BCUT2D eigenvalue weighted by molar-refractivity contribution is -0.137. The van der Waals surface area contributed by atoms with E-state index in [1.165, 1.54) is 18.2 Å². The fourth-order valence-corrected chi connectivity index (χ4v) is 2.06. The Morgan fingerprint density at radius 1 is 0.957 bits per heavy atom. The van der Waals surface area contributed by atoms with E-state index in [1.807, 2.05) is 0 Å². The fourth-order valence-electron chi connectivity index (χ4n) is 2.06. The second-order valence-corrected chi connectivity index (χ2v) is 4.86. The maximum absolute atomic E-state index is 13.6. The molecule has 0 saturated carbocycles. The lowest BCUT2D eigenvalue weighted by Gasteiger charge is -2.05. The van der Waals surface area contributed by atoms with Gasteiger partial charge in [0, 0.05) is 5.56 Å². The number of alkyl halides is 3. The maximum Gasteiger partial charge on any atom is 0.416 e. The molecule has 0 bridgehead atoms. The molecule has 118 valence electrons. The van der Waals surface area contributed by atoms with Crippen LogP contribution in [0.1, 0.15) is 17.0 Å². The zero-order valence-electron chi connectivity index (χ0n) is 11.6. The van der Waals surface area contributed by atoms with Gasteiger partial charge in [-0.25, -0.2) is 4.39 Å². The quantitative estimate of drug-likeness (QED) is 0.667. The van der Waals surface area contributed by atoms with Crippen molar-refractivity contribution >= 4 is 0 Å². The molecule has 1 aromatic heterocycles. The van der Waals surface area contributed by atoms with Gasteiger partial charge in [0.15, 0.2) is 0 Å². The van der Waals surface area contributed by atoms with E-state index >= 15 is 0 Å². The summed E-state index contributed by atoms with van der Waals surface area (Å²) >= 11 is 0. The molecule has 0 aliphatic rings. The third-order valence-electron chi connectivity index (χ3n) is 3.24. The first kappa shape index (κ1) is 15.2. The topological polar surface area (TPSA) is 38.9 Å². The molecule has 0 unspecified atom stereocenters. The van der Waals surface area contributed by atoms with Crippen molar-refractivity contribution in [3.05, 3.63) is 71.4 Å². The number of aromatic nitrogens is 2. The first-order valence-electron chi connectivity index (χ1n) is 6.67. The average molecular weight is 322 g/mol. The summed E-state index contributed by atoms with van der Waals surface area (Å²) in [4.78, 5) is 4.08. The van der Waals surface area contributed by atoms with Crippen LogP contribution in [0.5, 0.6) is 0 Å². The molecule has 3 aromatic rings. The molecule has 1 heterocycles. The average Bonchev–Trinajstić information content (AvgIpc) is 2.97. The van der Waals surface area contributed by atoms with Crippen molar-refractivity contribution in [3.8, 4) is 11.4 Å². The van der Waals surface area contributed by atoms with Gasteiger partial charge in [0.05, 0.1) is 12.0 Å². The maximum atomic E-state index is 13.6. The highest BCUT2D eigenvalue weighted by Gasteiger charge is 2.30. The Labute approximate surface area is 128 Å². The molecule has 0 atom stereocenters. The molecule has 0 aliphatic carbocycles. The molecule has 0 fully saturated rings. The van der Waals surface area contributed by atoms with Gasteiger partial charge >= 0.3 is 6.18 Å². The highest BCUT2D eigenvalue weighted by molar-refractivity contribution is 5.54. The minimum absolute atomic E-state index is 0.111. The Bertz CT molecular complexity index is 809. The van der Waals surface area contributed by atoms with E-state index in [1.54, 1.807) is 18.2 Å². The van der Waals surface area contributed by atoms with Crippen LogP contribution in [0.3, 0.4) is 0 Å². The third-order valence-corrected chi connectivity index (χ3v) is 3.24. The molecule has 3 rings (SSSR count). The second kappa shape index (κ2) is 5.83. The lowest BCUT2D eigenvalue weighted by Crippen LogP contribution is -2.04. The molecule has 0 spiro atoms. The lowest BCUT2D eigenvalue weighted by atomic mass is 10.1. The molecule has 0 amide bonds. The van der Waals surface area contributed by atoms with Crippen LogP contribution < -0.4 is 0 Å². The van der Waals surface area contributed by atoms with Crippen molar-refractivity contribution < 1.29 is 22.1 Å². The van der Waals surface area contributed by atoms with Crippen molar-refractivity contribution in [1.82, 2.24) is 10.1 Å². The summed E-state index contributed by atoms with van der Waals surface area (Å²) in [5.74, 6) is -0.0446. The molecule has 23 heavy (non-hydrogen) atoms. The standard InChI is InChI=1S/C16H10F4N2O/c17-13-4-2-1-3-11(13)9-14-21-15(22-23-14)10-5-7-12(8-6-10)16(18,19)20/h1-8H,9H2. The van der Waals surface area contributed by atoms with Gasteiger partial charge in [-0.1, -0.05) is 35.5 Å². The summed E-state index contributed by atoms with van der Waals surface area (Å²) in [7, 11) is 0. The first-order chi connectivity index (χ1) is 10.9. The molecule has 0 saturated heterocycles. The molecular weight excluding hydrogens is 312 g/mol. The summed E-state index contributed by atoms with van der Waals surface area (Å²) in [5.41, 5.74) is 0.0352. The van der Waals surface area contributed by atoms with Gasteiger partial charge in [0.1, 0.15) is 5.82 Å². The summed E-state index contributed by atoms with van der Waals surface area (Å²) in [6.07, 6.45) is -4.29. The Balaban J connectivity index is 1.81.